The summed E-state index contributed by atoms with van der Waals surface area (Å²) in [6, 6.07) is 12.2. The molecule has 28 heavy (non-hydrogen) atoms. The minimum absolute atomic E-state index is 0.0258. The highest BCUT2D eigenvalue weighted by molar-refractivity contribution is 7.13. The molecule has 0 spiro atoms. The van der Waals surface area contributed by atoms with Gasteiger partial charge in [-0.25, -0.2) is 9.97 Å². The van der Waals surface area contributed by atoms with Gasteiger partial charge < -0.3 is 9.55 Å². The SMILES string of the molecule is CCn1c(CN2CCc3nc(-c4cccs4)[nH]c(=O)c3C2)nc2ccccc21. The lowest BCUT2D eigenvalue weighted by Crippen LogP contribution is -2.36. The van der Waals surface area contributed by atoms with Crippen molar-refractivity contribution in [3.8, 4) is 10.7 Å². The van der Waals surface area contributed by atoms with E-state index < -0.39 is 0 Å². The molecule has 4 heterocycles. The van der Waals surface area contributed by atoms with Gasteiger partial charge in [0.05, 0.1) is 33.7 Å². The largest absolute Gasteiger partial charge is 0.327 e. The molecule has 4 aromatic rings. The van der Waals surface area contributed by atoms with Gasteiger partial charge in [0.2, 0.25) is 0 Å². The lowest BCUT2D eigenvalue weighted by Gasteiger charge is -2.27. The van der Waals surface area contributed by atoms with Crippen molar-refractivity contribution < 1.29 is 0 Å². The molecule has 0 aliphatic carbocycles. The number of thiophene rings is 1. The Morgan fingerprint density at radius 3 is 2.89 bits per heavy atom. The lowest BCUT2D eigenvalue weighted by atomic mass is 10.1. The number of H-pyrrole nitrogens is 1. The molecule has 0 atom stereocenters. The van der Waals surface area contributed by atoms with Crippen LogP contribution in [0.15, 0.2) is 46.6 Å². The molecule has 5 rings (SSSR count). The Balaban J connectivity index is 1.43. The first kappa shape index (κ1) is 17.3. The zero-order valence-electron chi connectivity index (χ0n) is 15.7. The van der Waals surface area contributed by atoms with Gasteiger partial charge in [0.15, 0.2) is 5.82 Å². The van der Waals surface area contributed by atoms with Crippen LogP contribution in [0.1, 0.15) is 24.0 Å². The van der Waals surface area contributed by atoms with E-state index in [1.54, 1.807) is 11.3 Å². The summed E-state index contributed by atoms with van der Waals surface area (Å²) in [6.45, 7) is 5.24. The van der Waals surface area contributed by atoms with Gasteiger partial charge in [-0.3, -0.25) is 9.69 Å². The van der Waals surface area contributed by atoms with Gasteiger partial charge in [0.25, 0.3) is 5.56 Å². The minimum Gasteiger partial charge on any atom is -0.327 e. The van der Waals surface area contributed by atoms with E-state index in [9.17, 15) is 4.79 Å². The summed E-state index contributed by atoms with van der Waals surface area (Å²) in [5.74, 6) is 1.73. The van der Waals surface area contributed by atoms with Crippen LogP contribution >= 0.6 is 11.3 Å². The first-order chi connectivity index (χ1) is 13.7. The van der Waals surface area contributed by atoms with E-state index in [-0.39, 0.29) is 5.56 Å². The first-order valence-electron chi connectivity index (χ1n) is 9.55. The number of aromatic amines is 1. The smallest absolute Gasteiger partial charge is 0.255 e. The van der Waals surface area contributed by atoms with Crippen LogP contribution in [0.3, 0.4) is 0 Å². The van der Waals surface area contributed by atoms with Gasteiger partial charge >= 0.3 is 0 Å². The van der Waals surface area contributed by atoms with Crippen molar-refractivity contribution in [1.29, 1.82) is 0 Å². The molecule has 0 amide bonds. The topological polar surface area (TPSA) is 66.8 Å². The molecule has 0 saturated heterocycles. The monoisotopic (exact) mass is 391 g/mol. The summed E-state index contributed by atoms with van der Waals surface area (Å²) in [6.07, 6.45) is 0.782. The van der Waals surface area contributed by atoms with Crippen molar-refractivity contribution in [2.45, 2.75) is 33.0 Å². The lowest BCUT2D eigenvalue weighted by molar-refractivity contribution is 0.233. The Morgan fingerprint density at radius 1 is 1.18 bits per heavy atom. The number of nitrogens with zero attached hydrogens (tertiary/aromatic N) is 4. The van der Waals surface area contributed by atoms with Crippen molar-refractivity contribution in [2.24, 2.45) is 0 Å². The van der Waals surface area contributed by atoms with E-state index in [1.165, 1.54) is 0 Å². The maximum Gasteiger partial charge on any atom is 0.255 e. The van der Waals surface area contributed by atoms with E-state index in [0.717, 1.165) is 59.0 Å². The van der Waals surface area contributed by atoms with E-state index in [1.807, 2.05) is 29.6 Å². The van der Waals surface area contributed by atoms with E-state index in [0.29, 0.717) is 12.4 Å². The third-order valence-corrected chi connectivity index (χ3v) is 6.19. The maximum atomic E-state index is 12.7. The second-order valence-corrected chi connectivity index (χ2v) is 7.99. The molecule has 6 nitrogen and oxygen atoms in total. The predicted octanol–water partition coefficient (Wildman–Crippen LogP) is 3.43. The second kappa shape index (κ2) is 7.00. The van der Waals surface area contributed by atoms with Crippen LogP contribution in [0.5, 0.6) is 0 Å². The standard InChI is InChI=1S/C21H21N5OS/c1-2-26-17-7-4-3-6-16(17)22-19(26)13-25-10-9-15-14(12-25)21(27)24-20(23-15)18-8-5-11-28-18/h3-8,11H,2,9-10,12-13H2,1H3,(H,23,24,27). The molecule has 1 N–H and O–H groups in total. The molecule has 0 fully saturated rings. The minimum atomic E-state index is -0.0258. The summed E-state index contributed by atoms with van der Waals surface area (Å²) < 4.78 is 2.26. The van der Waals surface area contributed by atoms with Gasteiger partial charge in [0, 0.05) is 26.1 Å². The summed E-state index contributed by atoms with van der Waals surface area (Å²) in [7, 11) is 0. The third-order valence-electron chi connectivity index (χ3n) is 5.32. The number of hydrogen-bond acceptors (Lipinski definition) is 5. The summed E-state index contributed by atoms with van der Waals surface area (Å²) in [4.78, 5) is 28.5. The number of fused-ring (bicyclic) bond motifs is 2. The van der Waals surface area contributed by atoms with Crippen LogP contribution in [0.2, 0.25) is 0 Å². The first-order valence-corrected chi connectivity index (χ1v) is 10.4. The molecular weight excluding hydrogens is 370 g/mol. The highest BCUT2D eigenvalue weighted by Crippen LogP contribution is 2.24. The predicted molar refractivity (Wildman–Crippen MR) is 111 cm³/mol. The second-order valence-electron chi connectivity index (χ2n) is 7.04. The molecule has 0 unspecified atom stereocenters. The molecule has 142 valence electrons. The van der Waals surface area contributed by atoms with E-state index in [2.05, 4.69) is 33.5 Å². The average Bonchev–Trinajstić information content (AvgIpc) is 3.36. The number of nitrogens with one attached hydrogen (secondary N) is 1. The van der Waals surface area contributed by atoms with Gasteiger partial charge in [-0.15, -0.1) is 11.3 Å². The van der Waals surface area contributed by atoms with Gasteiger partial charge in [-0.05, 0) is 30.5 Å². The normalized spacial score (nSPS) is 14.5. The molecule has 0 radical (unpaired) electrons. The van der Waals surface area contributed by atoms with Crippen LogP contribution in [0.25, 0.3) is 21.7 Å². The zero-order chi connectivity index (χ0) is 19.1. The maximum absolute atomic E-state index is 12.7. The van der Waals surface area contributed by atoms with Gasteiger partial charge in [0.1, 0.15) is 5.82 Å². The summed E-state index contributed by atoms with van der Waals surface area (Å²) >= 11 is 1.59. The Hall–Kier alpha value is -2.77. The average molecular weight is 392 g/mol. The van der Waals surface area contributed by atoms with Crippen LogP contribution in [-0.2, 0) is 26.1 Å². The Bertz CT molecular complexity index is 1190. The van der Waals surface area contributed by atoms with Crippen molar-refractivity contribution >= 4 is 22.4 Å². The quantitative estimate of drug-likeness (QED) is 0.579. The number of para-hydroxylation sites is 2. The van der Waals surface area contributed by atoms with Crippen molar-refractivity contribution in [2.75, 3.05) is 6.54 Å². The fourth-order valence-corrected chi connectivity index (χ4v) is 4.61. The fourth-order valence-electron chi connectivity index (χ4n) is 3.94. The van der Waals surface area contributed by atoms with Gasteiger partial charge in [-0.2, -0.15) is 0 Å². The number of benzene rings is 1. The van der Waals surface area contributed by atoms with Crippen molar-refractivity contribution in [1.82, 2.24) is 24.4 Å². The third kappa shape index (κ3) is 2.96. The van der Waals surface area contributed by atoms with Crippen LogP contribution < -0.4 is 5.56 Å². The molecular formula is C21H21N5OS. The summed E-state index contributed by atoms with van der Waals surface area (Å²) in [5, 5.41) is 2.00. The molecule has 1 aliphatic heterocycles. The molecule has 1 aromatic carbocycles. The molecule has 1 aliphatic rings. The highest BCUT2D eigenvalue weighted by Gasteiger charge is 2.23. The van der Waals surface area contributed by atoms with Crippen molar-refractivity contribution in [3.05, 3.63) is 69.2 Å². The number of aromatic nitrogens is 4. The Labute approximate surface area is 166 Å². The number of hydrogen-bond donors (Lipinski definition) is 1. The van der Waals surface area contributed by atoms with Crippen LogP contribution in [0, 0.1) is 0 Å². The van der Waals surface area contributed by atoms with E-state index >= 15 is 0 Å². The number of rotatable bonds is 4. The molecule has 0 bridgehead atoms. The highest BCUT2D eigenvalue weighted by atomic mass is 32.1. The van der Waals surface area contributed by atoms with Crippen LogP contribution in [0.4, 0.5) is 0 Å². The molecule has 3 aromatic heterocycles. The Kier molecular flexibility index (Phi) is 4.33. The van der Waals surface area contributed by atoms with E-state index in [4.69, 9.17) is 9.97 Å². The van der Waals surface area contributed by atoms with Gasteiger partial charge in [-0.1, -0.05) is 18.2 Å². The molecule has 0 saturated carbocycles. The molecule has 7 heteroatoms. The Morgan fingerprint density at radius 2 is 2.07 bits per heavy atom. The van der Waals surface area contributed by atoms with Crippen molar-refractivity contribution in [3.63, 3.8) is 0 Å². The fraction of sp³-hybridized carbons (Fsp3) is 0.286. The van der Waals surface area contributed by atoms with Crippen LogP contribution in [-0.4, -0.2) is 31.0 Å². The number of aryl methyl sites for hydroxylation is 1. The summed E-state index contributed by atoms with van der Waals surface area (Å²) in [5.41, 5.74) is 3.87. The number of imidazole rings is 1. The zero-order valence-corrected chi connectivity index (χ0v) is 16.5.